The highest BCUT2D eigenvalue weighted by Crippen LogP contribution is 2.21. The standard InChI is InChI=1S/C28H37IN4O9S/c1-6-41-27(38)42-28(3,16-29)23(34)19(12-18-10-8-7-9-11-18)31-24(35)20(14-39-4)32-25(36)21(15-40-5)33-26(37)22-13-30-17(2)43-22/h7-11,13,19-21H,6,12,14-16H2,1-5H3,(H,31,35)(H,32,36)(H,33,37)/t19-,20-,21-,28?/m0/s1. The van der Waals surface area contributed by atoms with Gasteiger partial charge < -0.3 is 34.9 Å². The number of carbonyl (C=O) groups is 5. The lowest BCUT2D eigenvalue weighted by atomic mass is 9.92. The number of rotatable bonds is 17. The zero-order valence-electron chi connectivity index (χ0n) is 24.6. The average Bonchev–Trinajstić information content (AvgIpc) is 3.42. The number of hydrogen-bond acceptors (Lipinski definition) is 11. The fraction of sp³-hybridized carbons (Fsp3) is 0.500. The Labute approximate surface area is 267 Å². The molecule has 3 amide bonds. The summed E-state index contributed by atoms with van der Waals surface area (Å²) in [4.78, 5) is 69.7. The van der Waals surface area contributed by atoms with Crippen LogP contribution in [0.1, 0.15) is 34.1 Å². The Kier molecular flexibility index (Phi) is 15.0. The van der Waals surface area contributed by atoms with E-state index in [0.717, 1.165) is 16.9 Å². The summed E-state index contributed by atoms with van der Waals surface area (Å²) >= 11 is 3.08. The van der Waals surface area contributed by atoms with Crippen molar-refractivity contribution in [3.8, 4) is 0 Å². The molecule has 0 aliphatic heterocycles. The molecule has 0 aliphatic carbocycles. The molecule has 43 heavy (non-hydrogen) atoms. The first-order chi connectivity index (χ1) is 20.5. The van der Waals surface area contributed by atoms with Crippen LogP contribution < -0.4 is 16.0 Å². The molecule has 1 aromatic heterocycles. The Morgan fingerprint density at radius 2 is 1.53 bits per heavy atom. The fourth-order valence-electron chi connectivity index (χ4n) is 3.84. The van der Waals surface area contributed by atoms with Crippen molar-refractivity contribution >= 4 is 63.6 Å². The summed E-state index contributed by atoms with van der Waals surface area (Å²) in [6.45, 7) is 4.44. The zero-order valence-corrected chi connectivity index (χ0v) is 27.6. The maximum atomic E-state index is 13.8. The number of methoxy groups -OCH3 is 2. The number of nitrogens with one attached hydrogen (secondary N) is 3. The van der Waals surface area contributed by atoms with Gasteiger partial charge >= 0.3 is 6.16 Å². The van der Waals surface area contributed by atoms with Crippen molar-refractivity contribution in [2.24, 2.45) is 0 Å². The first-order valence-electron chi connectivity index (χ1n) is 13.3. The van der Waals surface area contributed by atoms with E-state index >= 15 is 0 Å². The predicted molar refractivity (Wildman–Crippen MR) is 166 cm³/mol. The van der Waals surface area contributed by atoms with Crippen LogP contribution in [-0.2, 0) is 39.8 Å². The van der Waals surface area contributed by atoms with Gasteiger partial charge in [0, 0.05) is 18.6 Å². The van der Waals surface area contributed by atoms with Gasteiger partial charge in [-0.05, 0) is 32.8 Å². The van der Waals surface area contributed by atoms with Gasteiger partial charge in [-0.2, -0.15) is 0 Å². The van der Waals surface area contributed by atoms with Crippen LogP contribution in [0.15, 0.2) is 36.5 Å². The highest BCUT2D eigenvalue weighted by atomic mass is 127. The Balaban J connectivity index is 2.27. The lowest BCUT2D eigenvalue weighted by molar-refractivity contribution is -0.141. The number of ether oxygens (including phenoxy) is 4. The number of carbonyl (C=O) groups excluding carboxylic acids is 5. The molecule has 0 aliphatic rings. The summed E-state index contributed by atoms with van der Waals surface area (Å²) in [5, 5.41) is 8.54. The molecule has 0 radical (unpaired) electrons. The Morgan fingerprint density at radius 1 is 0.953 bits per heavy atom. The minimum atomic E-state index is -1.62. The van der Waals surface area contributed by atoms with E-state index in [0.29, 0.717) is 9.88 Å². The SMILES string of the molecule is CCOC(=O)OC(C)(CI)C(=O)[C@H](Cc1ccccc1)NC(=O)[C@H](COC)NC(=O)[C@H](COC)NC(=O)c1cnc(C)s1. The van der Waals surface area contributed by atoms with E-state index < -0.39 is 53.4 Å². The van der Waals surface area contributed by atoms with Crippen LogP contribution in [0.5, 0.6) is 0 Å². The predicted octanol–water partition coefficient (Wildman–Crippen LogP) is 1.99. The molecule has 4 atom stereocenters. The van der Waals surface area contributed by atoms with E-state index in [1.807, 2.05) is 28.7 Å². The molecule has 3 N–H and O–H groups in total. The smallest absolute Gasteiger partial charge is 0.435 e. The van der Waals surface area contributed by atoms with Gasteiger partial charge in [0.1, 0.15) is 17.0 Å². The number of ketones is 1. The summed E-state index contributed by atoms with van der Waals surface area (Å²) in [6.07, 6.45) is 0.467. The highest BCUT2D eigenvalue weighted by Gasteiger charge is 2.42. The first-order valence-corrected chi connectivity index (χ1v) is 15.6. The molecule has 1 aromatic carbocycles. The number of aromatic nitrogens is 1. The second-order valence-corrected chi connectivity index (χ2v) is 11.5. The lowest BCUT2D eigenvalue weighted by Gasteiger charge is -2.31. The van der Waals surface area contributed by atoms with Crippen molar-refractivity contribution in [2.75, 3.05) is 38.5 Å². The molecule has 1 heterocycles. The van der Waals surface area contributed by atoms with E-state index in [1.54, 1.807) is 38.1 Å². The lowest BCUT2D eigenvalue weighted by Crippen LogP contribution is -2.60. The molecular weight excluding hydrogens is 695 g/mol. The van der Waals surface area contributed by atoms with E-state index in [-0.39, 0.29) is 30.7 Å². The molecule has 2 aromatic rings. The van der Waals surface area contributed by atoms with Gasteiger partial charge in [0.25, 0.3) is 5.91 Å². The summed E-state index contributed by atoms with van der Waals surface area (Å²) in [5.41, 5.74) is -0.885. The van der Waals surface area contributed by atoms with Crippen molar-refractivity contribution in [1.82, 2.24) is 20.9 Å². The van der Waals surface area contributed by atoms with E-state index in [1.165, 1.54) is 27.3 Å². The van der Waals surface area contributed by atoms with E-state index in [2.05, 4.69) is 20.9 Å². The molecule has 1 unspecified atom stereocenters. The number of hydrogen-bond donors (Lipinski definition) is 3. The third-order valence-electron chi connectivity index (χ3n) is 6.03. The number of nitrogens with zero attached hydrogens (tertiary/aromatic N) is 1. The monoisotopic (exact) mass is 732 g/mol. The number of halogens is 1. The largest absolute Gasteiger partial charge is 0.509 e. The molecular formula is C28H37IN4O9S. The third-order valence-corrected chi connectivity index (χ3v) is 8.40. The van der Waals surface area contributed by atoms with Crippen LogP contribution >= 0.6 is 33.9 Å². The topological polar surface area (TPSA) is 171 Å². The molecule has 15 heteroatoms. The summed E-state index contributed by atoms with van der Waals surface area (Å²) in [7, 11) is 2.71. The van der Waals surface area contributed by atoms with Crippen LogP contribution in [0.25, 0.3) is 0 Å². The maximum Gasteiger partial charge on any atom is 0.509 e. The molecule has 236 valence electrons. The number of thiazole rings is 1. The van der Waals surface area contributed by atoms with Crippen molar-refractivity contribution in [3.63, 3.8) is 0 Å². The van der Waals surface area contributed by atoms with Crippen LogP contribution in [0.2, 0.25) is 0 Å². The molecule has 0 saturated heterocycles. The fourth-order valence-corrected chi connectivity index (χ4v) is 5.05. The maximum absolute atomic E-state index is 13.8. The number of benzene rings is 1. The van der Waals surface area contributed by atoms with Crippen LogP contribution in [0, 0.1) is 6.92 Å². The van der Waals surface area contributed by atoms with Crippen molar-refractivity contribution in [1.29, 1.82) is 0 Å². The summed E-state index contributed by atoms with van der Waals surface area (Å²) < 4.78 is 20.6. The Bertz CT molecular complexity index is 1250. The quantitative estimate of drug-likeness (QED) is 0.124. The van der Waals surface area contributed by atoms with E-state index in [4.69, 9.17) is 18.9 Å². The Morgan fingerprint density at radius 3 is 2.05 bits per heavy atom. The van der Waals surface area contributed by atoms with Gasteiger partial charge in [-0.25, -0.2) is 9.78 Å². The van der Waals surface area contributed by atoms with Crippen LogP contribution in [-0.4, -0.2) is 96.8 Å². The number of aryl methyl sites for hydroxylation is 1. The molecule has 13 nitrogen and oxygen atoms in total. The zero-order chi connectivity index (χ0) is 32.0. The highest BCUT2D eigenvalue weighted by molar-refractivity contribution is 14.1. The second-order valence-electron chi connectivity index (χ2n) is 9.51. The van der Waals surface area contributed by atoms with Gasteiger partial charge in [-0.15, -0.1) is 11.3 Å². The van der Waals surface area contributed by atoms with Crippen LogP contribution in [0.3, 0.4) is 0 Å². The third kappa shape index (κ3) is 11.1. The summed E-state index contributed by atoms with van der Waals surface area (Å²) in [6, 6.07) is 5.43. The molecule has 2 rings (SSSR count). The van der Waals surface area contributed by atoms with Crippen LogP contribution in [0.4, 0.5) is 4.79 Å². The van der Waals surface area contributed by atoms with Gasteiger partial charge in [0.15, 0.2) is 11.4 Å². The number of amides is 3. The van der Waals surface area contributed by atoms with E-state index in [9.17, 15) is 24.0 Å². The first kappa shape index (κ1) is 36.0. The number of Topliss-reactive ketones (excluding diaryl/α,β-unsaturated/α-hetero) is 1. The molecule has 0 fully saturated rings. The van der Waals surface area contributed by atoms with Gasteiger partial charge in [-0.1, -0.05) is 52.9 Å². The van der Waals surface area contributed by atoms with Crippen molar-refractivity contribution < 1.29 is 42.9 Å². The molecule has 0 bridgehead atoms. The van der Waals surface area contributed by atoms with Crippen molar-refractivity contribution in [2.45, 2.75) is 50.9 Å². The minimum Gasteiger partial charge on any atom is -0.435 e. The van der Waals surface area contributed by atoms with Gasteiger partial charge in [0.2, 0.25) is 11.8 Å². The summed E-state index contributed by atoms with van der Waals surface area (Å²) in [5.74, 6) is -2.53. The number of alkyl halides is 1. The average molecular weight is 733 g/mol. The normalized spacial score (nSPS) is 14.4. The van der Waals surface area contributed by atoms with Gasteiger partial charge in [0.05, 0.1) is 37.1 Å². The van der Waals surface area contributed by atoms with Gasteiger partial charge in [-0.3, -0.25) is 19.2 Å². The second kappa shape index (κ2) is 17.8. The molecule has 0 saturated carbocycles. The molecule has 0 spiro atoms. The van der Waals surface area contributed by atoms with Crippen molar-refractivity contribution in [3.05, 3.63) is 52.0 Å². The minimum absolute atomic E-state index is 0.0568. The Hall–Kier alpha value is -3.15.